The summed E-state index contributed by atoms with van der Waals surface area (Å²) in [6.07, 6.45) is 18.1. The standard InChI is InChI=1S/C9H12O.C5H6.C4H6O/c1-9(6-10)5-7-2-3-8(9)4-7;1-2-4-5-3-1;1-4(2)3-5/h2-3,6-8H,4-5H2,1H3;1-4H,5H2;3H,1H2,2H3. The van der Waals surface area contributed by atoms with Gasteiger partial charge in [0.1, 0.15) is 12.6 Å². The van der Waals surface area contributed by atoms with Gasteiger partial charge in [0.15, 0.2) is 0 Å². The lowest BCUT2D eigenvalue weighted by atomic mass is 9.79. The molecule has 3 aliphatic rings. The Morgan fingerprint density at radius 1 is 1.25 bits per heavy atom. The monoisotopic (exact) mass is 272 g/mol. The molecule has 0 saturated heterocycles. The maximum Gasteiger partial charge on any atom is 0.145 e. The molecule has 20 heavy (non-hydrogen) atoms. The van der Waals surface area contributed by atoms with Crippen molar-refractivity contribution in [3.63, 3.8) is 0 Å². The van der Waals surface area contributed by atoms with Crippen LogP contribution < -0.4 is 0 Å². The van der Waals surface area contributed by atoms with E-state index in [4.69, 9.17) is 0 Å². The molecular formula is C18H24O2. The SMILES string of the molecule is C1=CCC=C1.C=C(C)C=O.CC1(C=O)CC2C=CC1C2. The average Bonchev–Trinajstić information content (AvgIpc) is 3.18. The number of carbonyl (C=O) groups excluding carboxylic acids is 2. The van der Waals surface area contributed by atoms with Crippen molar-refractivity contribution in [3.05, 3.63) is 48.6 Å². The van der Waals surface area contributed by atoms with Gasteiger partial charge in [0, 0.05) is 5.41 Å². The van der Waals surface area contributed by atoms with Gasteiger partial charge in [-0.3, -0.25) is 4.79 Å². The summed E-state index contributed by atoms with van der Waals surface area (Å²) in [5.41, 5.74) is 0.560. The molecule has 0 radical (unpaired) electrons. The first-order valence-corrected chi connectivity index (χ1v) is 7.09. The summed E-state index contributed by atoms with van der Waals surface area (Å²) >= 11 is 0. The Hall–Kier alpha value is -1.70. The van der Waals surface area contributed by atoms with Crippen LogP contribution in [0, 0.1) is 17.3 Å². The third-order valence-electron chi connectivity index (χ3n) is 3.85. The average molecular weight is 272 g/mol. The zero-order chi connectivity index (χ0) is 15.0. The lowest BCUT2D eigenvalue weighted by Gasteiger charge is -2.23. The Morgan fingerprint density at radius 2 is 1.85 bits per heavy atom. The quantitative estimate of drug-likeness (QED) is 0.432. The molecule has 0 aliphatic heterocycles. The summed E-state index contributed by atoms with van der Waals surface area (Å²) < 4.78 is 0. The Kier molecular flexibility index (Phi) is 6.37. The van der Waals surface area contributed by atoms with Crippen LogP contribution in [0.1, 0.15) is 33.1 Å². The van der Waals surface area contributed by atoms with Crippen molar-refractivity contribution in [2.24, 2.45) is 17.3 Å². The van der Waals surface area contributed by atoms with Crippen LogP contribution in [0.15, 0.2) is 48.6 Å². The number of aldehydes is 2. The van der Waals surface area contributed by atoms with Gasteiger partial charge in [-0.2, -0.15) is 0 Å². The van der Waals surface area contributed by atoms with Gasteiger partial charge in [-0.1, -0.05) is 50.0 Å². The van der Waals surface area contributed by atoms with E-state index in [2.05, 4.69) is 50.0 Å². The van der Waals surface area contributed by atoms with Crippen LogP contribution >= 0.6 is 0 Å². The minimum absolute atomic E-state index is 0.0145. The molecule has 0 heterocycles. The Bertz CT molecular complexity index is 432. The smallest absolute Gasteiger partial charge is 0.145 e. The fraction of sp³-hybridized carbons (Fsp3) is 0.444. The van der Waals surface area contributed by atoms with Crippen LogP contribution in [0.25, 0.3) is 0 Å². The largest absolute Gasteiger partial charge is 0.303 e. The van der Waals surface area contributed by atoms with Gasteiger partial charge in [0.05, 0.1) is 0 Å². The van der Waals surface area contributed by atoms with Gasteiger partial charge >= 0.3 is 0 Å². The van der Waals surface area contributed by atoms with E-state index in [0.717, 1.165) is 25.4 Å². The Morgan fingerprint density at radius 3 is 2.05 bits per heavy atom. The topological polar surface area (TPSA) is 34.1 Å². The molecule has 0 spiro atoms. The highest BCUT2D eigenvalue weighted by Crippen LogP contribution is 2.50. The first kappa shape index (κ1) is 16.4. The summed E-state index contributed by atoms with van der Waals surface area (Å²) in [7, 11) is 0. The molecule has 0 aromatic rings. The van der Waals surface area contributed by atoms with Crippen LogP contribution in [-0.2, 0) is 9.59 Å². The van der Waals surface area contributed by atoms with E-state index >= 15 is 0 Å². The summed E-state index contributed by atoms with van der Waals surface area (Å²) in [6.45, 7) is 7.04. The summed E-state index contributed by atoms with van der Waals surface area (Å²) in [5.74, 6) is 1.26. The van der Waals surface area contributed by atoms with Crippen molar-refractivity contribution in [2.75, 3.05) is 0 Å². The Labute approximate surface area is 122 Å². The van der Waals surface area contributed by atoms with E-state index in [1.165, 1.54) is 6.42 Å². The molecule has 2 heteroatoms. The van der Waals surface area contributed by atoms with E-state index in [1.54, 1.807) is 6.92 Å². The maximum atomic E-state index is 10.7. The Balaban J connectivity index is 0.000000170. The molecule has 3 rings (SSSR count). The number of allylic oxidation sites excluding steroid dienone is 7. The normalized spacial score (nSPS) is 31.1. The lowest BCUT2D eigenvalue weighted by molar-refractivity contribution is -0.116. The third-order valence-corrected chi connectivity index (χ3v) is 3.85. The van der Waals surface area contributed by atoms with Crippen molar-refractivity contribution in [3.8, 4) is 0 Å². The highest BCUT2D eigenvalue weighted by Gasteiger charge is 2.44. The molecule has 0 amide bonds. The number of fused-ring (bicyclic) bond motifs is 2. The molecule has 0 aromatic heterocycles. The summed E-state index contributed by atoms with van der Waals surface area (Å²) in [5, 5.41) is 0. The van der Waals surface area contributed by atoms with Crippen LogP contribution in [0.3, 0.4) is 0 Å². The molecule has 3 atom stereocenters. The minimum atomic E-state index is -0.0145. The number of rotatable bonds is 2. The molecule has 1 fully saturated rings. The van der Waals surface area contributed by atoms with E-state index in [9.17, 15) is 9.59 Å². The number of hydrogen-bond donors (Lipinski definition) is 0. The second kappa shape index (κ2) is 7.78. The molecule has 1 saturated carbocycles. The van der Waals surface area contributed by atoms with Crippen LogP contribution in [0.4, 0.5) is 0 Å². The number of hydrogen-bond acceptors (Lipinski definition) is 2. The summed E-state index contributed by atoms with van der Waals surface area (Å²) in [6, 6.07) is 0. The van der Waals surface area contributed by atoms with Crippen molar-refractivity contribution in [2.45, 2.75) is 33.1 Å². The molecule has 0 aromatic carbocycles. The van der Waals surface area contributed by atoms with Crippen molar-refractivity contribution in [1.29, 1.82) is 0 Å². The van der Waals surface area contributed by atoms with Crippen LogP contribution in [0.5, 0.6) is 0 Å². The zero-order valence-corrected chi connectivity index (χ0v) is 12.4. The fourth-order valence-electron chi connectivity index (χ4n) is 2.66. The fourth-order valence-corrected chi connectivity index (χ4v) is 2.66. The van der Waals surface area contributed by atoms with Gasteiger partial charge in [0.2, 0.25) is 0 Å². The van der Waals surface area contributed by atoms with Crippen molar-refractivity contribution < 1.29 is 9.59 Å². The minimum Gasteiger partial charge on any atom is -0.303 e. The highest BCUT2D eigenvalue weighted by molar-refractivity contribution is 5.70. The first-order chi connectivity index (χ1) is 9.51. The van der Waals surface area contributed by atoms with Gasteiger partial charge in [-0.05, 0) is 43.6 Å². The second-order valence-corrected chi connectivity index (χ2v) is 5.87. The van der Waals surface area contributed by atoms with Gasteiger partial charge in [0.25, 0.3) is 0 Å². The van der Waals surface area contributed by atoms with E-state index < -0.39 is 0 Å². The molecule has 3 unspecified atom stereocenters. The van der Waals surface area contributed by atoms with E-state index in [0.29, 0.717) is 17.4 Å². The van der Waals surface area contributed by atoms with Gasteiger partial charge in [-0.25, -0.2) is 0 Å². The zero-order valence-electron chi connectivity index (χ0n) is 12.4. The summed E-state index contributed by atoms with van der Waals surface area (Å²) in [4.78, 5) is 20.1. The van der Waals surface area contributed by atoms with Crippen LogP contribution in [0.2, 0.25) is 0 Å². The van der Waals surface area contributed by atoms with Crippen molar-refractivity contribution in [1.82, 2.24) is 0 Å². The predicted molar refractivity (Wildman–Crippen MR) is 83.3 cm³/mol. The van der Waals surface area contributed by atoms with E-state index in [-0.39, 0.29) is 5.41 Å². The second-order valence-electron chi connectivity index (χ2n) is 5.87. The maximum absolute atomic E-state index is 10.7. The molecule has 3 aliphatic carbocycles. The molecular weight excluding hydrogens is 248 g/mol. The van der Waals surface area contributed by atoms with Crippen molar-refractivity contribution >= 4 is 12.6 Å². The third kappa shape index (κ3) is 4.76. The molecule has 2 nitrogen and oxygen atoms in total. The van der Waals surface area contributed by atoms with E-state index in [1.807, 2.05) is 0 Å². The number of carbonyl (C=O) groups is 2. The molecule has 2 bridgehead atoms. The van der Waals surface area contributed by atoms with Gasteiger partial charge < -0.3 is 4.79 Å². The first-order valence-electron chi connectivity index (χ1n) is 7.09. The highest BCUT2D eigenvalue weighted by atomic mass is 16.1. The van der Waals surface area contributed by atoms with Gasteiger partial charge in [-0.15, -0.1) is 0 Å². The lowest BCUT2D eigenvalue weighted by Crippen LogP contribution is -2.22. The predicted octanol–water partition coefficient (Wildman–Crippen LogP) is 4.05. The molecule has 108 valence electrons. The van der Waals surface area contributed by atoms with Crippen LogP contribution in [-0.4, -0.2) is 12.6 Å². The molecule has 0 N–H and O–H groups in total.